The third-order valence-electron chi connectivity index (χ3n) is 3.15. The molecule has 6 heteroatoms. The zero-order valence-electron chi connectivity index (χ0n) is 11.5. The molecule has 2 aromatic carbocycles. The van der Waals surface area contributed by atoms with Gasteiger partial charge in [-0.05, 0) is 35.4 Å². The summed E-state index contributed by atoms with van der Waals surface area (Å²) in [6.45, 7) is 0. The second-order valence-corrected chi connectivity index (χ2v) is 5.08. The van der Waals surface area contributed by atoms with Gasteiger partial charge >= 0.3 is 5.97 Å². The minimum absolute atomic E-state index is 0.00237. The van der Waals surface area contributed by atoms with Crippen molar-refractivity contribution >= 4 is 23.3 Å². The molecule has 4 nitrogen and oxygen atoms in total. The van der Waals surface area contributed by atoms with Crippen LogP contribution in [0, 0.1) is 5.82 Å². The summed E-state index contributed by atoms with van der Waals surface area (Å²) >= 11 is 5.81. The third-order valence-corrected chi connectivity index (χ3v) is 3.41. The summed E-state index contributed by atoms with van der Waals surface area (Å²) < 4.78 is 14.2. The van der Waals surface area contributed by atoms with E-state index in [-0.39, 0.29) is 24.1 Å². The number of hydrogen-bond donors (Lipinski definition) is 2. The number of rotatable bonds is 5. The number of aliphatic carboxylic acids is 1. The Morgan fingerprint density at radius 2 is 1.73 bits per heavy atom. The van der Waals surface area contributed by atoms with Gasteiger partial charge in [-0.1, -0.05) is 35.0 Å². The Kier molecular flexibility index (Phi) is 5.12. The molecule has 114 valence electrons. The number of hydrogen-bond acceptors (Lipinski definition) is 3. The number of nitrogens with zero attached hydrogens (tertiary/aromatic N) is 1. The fourth-order valence-corrected chi connectivity index (χ4v) is 2.16. The Balaban J connectivity index is 2.29. The summed E-state index contributed by atoms with van der Waals surface area (Å²) in [5.41, 5.74) is 1.53. The molecule has 0 saturated carbocycles. The van der Waals surface area contributed by atoms with Crippen molar-refractivity contribution in [3.63, 3.8) is 0 Å². The first-order valence-corrected chi connectivity index (χ1v) is 6.87. The van der Waals surface area contributed by atoms with Crippen LogP contribution >= 0.6 is 11.6 Å². The van der Waals surface area contributed by atoms with Crippen LogP contribution in [0.15, 0.2) is 47.6 Å². The van der Waals surface area contributed by atoms with Gasteiger partial charge in [0.2, 0.25) is 0 Å². The molecule has 0 heterocycles. The van der Waals surface area contributed by atoms with Crippen molar-refractivity contribution in [1.82, 2.24) is 0 Å². The van der Waals surface area contributed by atoms with Crippen molar-refractivity contribution in [3.05, 3.63) is 58.9 Å². The summed E-state index contributed by atoms with van der Waals surface area (Å²) in [6.07, 6.45) is -0.291. The molecule has 0 aliphatic carbocycles. The first-order valence-electron chi connectivity index (χ1n) is 6.50. The van der Waals surface area contributed by atoms with Crippen LogP contribution in [0.1, 0.15) is 18.4 Å². The number of carboxylic acid groups (broad SMARTS) is 1. The van der Waals surface area contributed by atoms with E-state index in [0.717, 1.165) is 5.56 Å². The molecule has 0 unspecified atom stereocenters. The lowest BCUT2D eigenvalue weighted by molar-refractivity contribution is -0.136. The molecule has 0 bridgehead atoms. The number of oxime groups is 1. The van der Waals surface area contributed by atoms with Crippen LogP contribution in [0.4, 0.5) is 4.39 Å². The lowest BCUT2D eigenvalue weighted by Gasteiger charge is -2.08. The molecular formula is C16H13ClFNO3. The summed E-state index contributed by atoms with van der Waals surface area (Å²) in [6, 6.07) is 11.4. The van der Waals surface area contributed by atoms with E-state index >= 15 is 0 Å². The number of halogens is 2. The lowest BCUT2D eigenvalue weighted by Crippen LogP contribution is -2.07. The Morgan fingerprint density at radius 3 is 2.27 bits per heavy atom. The highest BCUT2D eigenvalue weighted by molar-refractivity contribution is 6.30. The summed E-state index contributed by atoms with van der Waals surface area (Å²) in [4.78, 5) is 10.6. The Hall–Kier alpha value is -2.40. The predicted molar refractivity (Wildman–Crippen MR) is 82.0 cm³/mol. The summed E-state index contributed by atoms with van der Waals surface area (Å²) in [5.74, 6) is -1.62. The third kappa shape index (κ3) is 3.83. The zero-order valence-corrected chi connectivity index (χ0v) is 12.2. The second kappa shape index (κ2) is 7.04. The Bertz CT molecular complexity index is 714. The van der Waals surface area contributed by atoms with E-state index in [9.17, 15) is 9.18 Å². The fourth-order valence-electron chi connectivity index (χ4n) is 2.03. The van der Waals surface area contributed by atoms with Gasteiger partial charge in [-0.15, -0.1) is 0 Å². The van der Waals surface area contributed by atoms with E-state index in [1.165, 1.54) is 12.1 Å². The average Bonchev–Trinajstić information content (AvgIpc) is 2.49. The molecule has 2 N–H and O–H groups in total. The molecule has 0 amide bonds. The van der Waals surface area contributed by atoms with Crippen LogP contribution in [0.2, 0.25) is 5.02 Å². The largest absolute Gasteiger partial charge is 0.481 e. The van der Waals surface area contributed by atoms with Crippen molar-refractivity contribution in [2.75, 3.05) is 0 Å². The zero-order chi connectivity index (χ0) is 16.1. The molecule has 0 fully saturated rings. The molecule has 0 aromatic heterocycles. The molecule has 0 atom stereocenters. The number of benzene rings is 2. The molecule has 0 spiro atoms. The van der Waals surface area contributed by atoms with Crippen molar-refractivity contribution in [2.45, 2.75) is 12.8 Å². The van der Waals surface area contributed by atoms with Crippen LogP contribution in [0.25, 0.3) is 11.1 Å². The quantitative estimate of drug-likeness (QED) is 0.493. The highest BCUT2D eigenvalue weighted by Gasteiger charge is 2.13. The maximum absolute atomic E-state index is 14.2. The summed E-state index contributed by atoms with van der Waals surface area (Å²) in [5, 5.41) is 21.2. The highest BCUT2D eigenvalue weighted by atomic mass is 35.5. The van der Waals surface area contributed by atoms with Crippen molar-refractivity contribution in [2.24, 2.45) is 5.16 Å². The predicted octanol–water partition coefficient (Wildman–Crippen LogP) is 4.19. The van der Waals surface area contributed by atoms with Crippen LogP contribution in [-0.4, -0.2) is 22.0 Å². The van der Waals surface area contributed by atoms with Crippen LogP contribution in [-0.2, 0) is 4.79 Å². The SMILES string of the molecule is O=C(O)CCC(=NO)c1ccc(-c2ccc(Cl)cc2)cc1F. The minimum atomic E-state index is -1.04. The molecule has 0 aliphatic heterocycles. The van der Waals surface area contributed by atoms with Gasteiger partial charge in [0.25, 0.3) is 0 Å². The number of carbonyl (C=O) groups is 1. The van der Waals surface area contributed by atoms with Gasteiger partial charge in [0.05, 0.1) is 12.1 Å². The molecule has 0 radical (unpaired) electrons. The van der Waals surface area contributed by atoms with E-state index in [0.29, 0.717) is 10.6 Å². The minimum Gasteiger partial charge on any atom is -0.481 e. The molecule has 22 heavy (non-hydrogen) atoms. The van der Waals surface area contributed by atoms with Crippen LogP contribution in [0.5, 0.6) is 0 Å². The van der Waals surface area contributed by atoms with E-state index < -0.39 is 11.8 Å². The van der Waals surface area contributed by atoms with Gasteiger partial charge < -0.3 is 10.3 Å². The second-order valence-electron chi connectivity index (χ2n) is 4.64. The average molecular weight is 322 g/mol. The van der Waals surface area contributed by atoms with E-state index in [1.54, 1.807) is 30.3 Å². The highest BCUT2D eigenvalue weighted by Crippen LogP contribution is 2.24. The molecule has 0 aliphatic rings. The topological polar surface area (TPSA) is 69.9 Å². The number of carboxylic acids is 1. The van der Waals surface area contributed by atoms with Crippen LogP contribution in [0.3, 0.4) is 0 Å². The van der Waals surface area contributed by atoms with Crippen molar-refractivity contribution < 1.29 is 19.5 Å². The smallest absolute Gasteiger partial charge is 0.303 e. The van der Waals surface area contributed by atoms with Gasteiger partial charge in [-0.25, -0.2) is 4.39 Å². The standard InChI is InChI=1S/C16H13ClFNO3/c17-12-4-1-10(2-5-12)11-3-6-13(14(18)9-11)15(19-22)7-8-16(20)21/h1-6,9,22H,7-8H2,(H,20,21). The Labute approximate surface area is 131 Å². The monoisotopic (exact) mass is 321 g/mol. The van der Waals surface area contributed by atoms with Gasteiger partial charge in [0, 0.05) is 17.0 Å². The van der Waals surface area contributed by atoms with E-state index in [2.05, 4.69) is 5.16 Å². The van der Waals surface area contributed by atoms with Gasteiger partial charge in [-0.2, -0.15) is 0 Å². The maximum atomic E-state index is 14.2. The van der Waals surface area contributed by atoms with Gasteiger partial charge in [0.1, 0.15) is 5.82 Å². The Morgan fingerprint density at radius 1 is 1.09 bits per heavy atom. The van der Waals surface area contributed by atoms with E-state index in [1.807, 2.05) is 0 Å². The fraction of sp³-hybridized carbons (Fsp3) is 0.125. The van der Waals surface area contributed by atoms with Gasteiger partial charge in [0.15, 0.2) is 0 Å². The first kappa shape index (κ1) is 16.0. The van der Waals surface area contributed by atoms with Crippen molar-refractivity contribution in [1.29, 1.82) is 0 Å². The molecular weight excluding hydrogens is 309 g/mol. The molecule has 0 saturated heterocycles. The molecule has 2 rings (SSSR count). The van der Waals surface area contributed by atoms with Crippen LogP contribution < -0.4 is 0 Å². The van der Waals surface area contributed by atoms with Gasteiger partial charge in [-0.3, -0.25) is 4.79 Å². The first-order chi connectivity index (χ1) is 10.5. The van der Waals surface area contributed by atoms with E-state index in [4.69, 9.17) is 21.9 Å². The lowest BCUT2D eigenvalue weighted by atomic mass is 10.00. The normalized spacial score (nSPS) is 11.5. The van der Waals surface area contributed by atoms with Crippen molar-refractivity contribution in [3.8, 4) is 11.1 Å². The molecule has 2 aromatic rings. The maximum Gasteiger partial charge on any atom is 0.303 e. The summed E-state index contributed by atoms with van der Waals surface area (Å²) in [7, 11) is 0.